The third-order valence-electron chi connectivity index (χ3n) is 9.37. The second-order valence-electron chi connectivity index (χ2n) is 11.2. The quantitative estimate of drug-likeness (QED) is 0.389. The molecule has 194 valence electrons. The molecule has 3 aromatic carbocycles. The zero-order valence-corrected chi connectivity index (χ0v) is 21.9. The van der Waals surface area contributed by atoms with Crippen LogP contribution < -0.4 is 10.1 Å². The molecule has 0 aromatic heterocycles. The van der Waals surface area contributed by atoms with Crippen LogP contribution in [0.1, 0.15) is 61.1 Å². The molecule has 3 aromatic rings. The van der Waals surface area contributed by atoms with Gasteiger partial charge in [-0.15, -0.1) is 0 Å². The first-order valence-electron chi connectivity index (χ1n) is 14.2. The van der Waals surface area contributed by atoms with Gasteiger partial charge in [0.1, 0.15) is 11.6 Å². The summed E-state index contributed by atoms with van der Waals surface area (Å²) in [7, 11) is 1.67. The van der Waals surface area contributed by atoms with Gasteiger partial charge in [-0.05, 0) is 67.0 Å². The van der Waals surface area contributed by atoms with E-state index in [1.165, 1.54) is 62.3 Å². The minimum Gasteiger partial charge on any atom is -0.496 e. The fraction of sp³-hybridized carbons (Fsp3) is 0.455. The van der Waals surface area contributed by atoms with Crippen molar-refractivity contribution in [1.82, 2.24) is 10.2 Å². The van der Waals surface area contributed by atoms with E-state index in [1.807, 2.05) is 0 Å². The van der Waals surface area contributed by atoms with Gasteiger partial charge in [-0.1, -0.05) is 79.9 Å². The fourth-order valence-electron chi connectivity index (χ4n) is 7.87. The summed E-state index contributed by atoms with van der Waals surface area (Å²) in [6.45, 7) is 1.79. The summed E-state index contributed by atoms with van der Waals surface area (Å²) in [6, 6.07) is 28.4. The molecule has 37 heavy (non-hydrogen) atoms. The third-order valence-corrected chi connectivity index (χ3v) is 9.37. The Morgan fingerprint density at radius 1 is 0.865 bits per heavy atom. The monoisotopic (exact) mass is 498 g/mol. The predicted molar refractivity (Wildman–Crippen MR) is 147 cm³/mol. The van der Waals surface area contributed by atoms with Crippen molar-refractivity contribution in [2.24, 2.45) is 11.8 Å². The van der Waals surface area contributed by atoms with Crippen LogP contribution in [0.2, 0.25) is 0 Å². The number of halogens is 1. The molecule has 4 heteroatoms. The molecule has 7 rings (SSSR count). The fourth-order valence-corrected chi connectivity index (χ4v) is 7.87. The van der Waals surface area contributed by atoms with E-state index in [0.717, 1.165) is 17.2 Å². The van der Waals surface area contributed by atoms with Crippen LogP contribution in [0, 0.1) is 17.7 Å². The number of ether oxygens (including phenoxy) is 1. The highest BCUT2D eigenvalue weighted by molar-refractivity contribution is 5.37. The Bertz CT molecular complexity index is 1130. The molecule has 1 saturated carbocycles. The predicted octanol–water partition coefficient (Wildman–Crippen LogP) is 6.78. The van der Waals surface area contributed by atoms with E-state index in [-0.39, 0.29) is 11.7 Å². The first-order chi connectivity index (χ1) is 18.2. The summed E-state index contributed by atoms with van der Waals surface area (Å²) < 4.78 is 19.8. The van der Waals surface area contributed by atoms with Crippen molar-refractivity contribution in [1.29, 1.82) is 0 Å². The van der Waals surface area contributed by atoms with Crippen LogP contribution in [-0.2, 0) is 6.54 Å². The van der Waals surface area contributed by atoms with Gasteiger partial charge >= 0.3 is 0 Å². The molecule has 1 aliphatic carbocycles. The Hall–Kier alpha value is -2.69. The van der Waals surface area contributed by atoms with Gasteiger partial charge in [0.15, 0.2) is 0 Å². The normalized spacial score (nSPS) is 29.1. The van der Waals surface area contributed by atoms with E-state index < -0.39 is 0 Å². The maximum Gasteiger partial charge on any atom is 0.123 e. The minimum atomic E-state index is -0.210. The third kappa shape index (κ3) is 4.82. The van der Waals surface area contributed by atoms with Gasteiger partial charge in [0, 0.05) is 36.2 Å². The smallest absolute Gasteiger partial charge is 0.123 e. The summed E-state index contributed by atoms with van der Waals surface area (Å²) in [5.74, 6) is 2.19. The van der Waals surface area contributed by atoms with Crippen LogP contribution >= 0.6 is 0 Å². The number of rotatable bonds is 7. The van der Waals surface area contributed by atoms with E-state index in [4.69, 9.17) is 4.74 Å². The van der Waals surface area contributed by atoms with Crippen molar-refractivity contribution in [3.8, 4) is 5.75 Å². The van der Waals surface area contributed by atoms with E-state index in [1.54, 1.807) is 19.2 Å². The van der Waals surface area contributed by atoms with Crippen molar-refractivity contribution in [2.75, 3.05) is 13.7 Å². The molecule has 4 fully saturated rings. The van der Waals surface area contributed by atoms with Gasteiger partial charge in [-0.25, -0.2) is 4.39 Å². The lowest BCUT2D eigenvalue weighted by molar-refractivity contribution is -0.0855. The van der Waals surface area contributed by atoms with Gasteiger partial charge in [-0.3, -0.25) is 4.90 Å². The average Bonchev–Trinajstić information content (AvgIpc) is 3.21. The lowest BCUT2D eigenvalue weighted by Gasteiger charge is -2.61. The van der Waals surface area contributed by atoms with Crippen molar-refractivity contribution >= 4 is 0 Å². The average molecular weight is 499 g/mol. The highest BCUT2D eigenvalue weighted by atomic mass is 19.1. The number of piperidine rings is 3. The molecular formula is C33H39FN2O. The van der Waals surface area contributed by atoms with Gasteiger partial charge in [0.05, 0.1) is 7.11 Å². The number of nitrogens with one attached hydrogen (secondary N) is 1. The Balaban J connectivity index is 1.41. The van der Waals surface area contributed by atoms with Crippen LogP contribution in [0.15, 0.2) is 78.9 Å². The molecule has 2 bridgehead atoms. The molecule has 0 amide bonds. The number of benzene rings is 3. The first-order valence-corrected chi connectivity index (χ1v) is 14.2. The highest BCUT2D eigenvalue weighted by Gasteiger charge is 2.54. The summed E-state index contributed by atoms with van der Waals surface area (Å²) in [5.41, 5.74) is 3.66. The number of fused-ring (bicyclic) bond motifs is 2. The molecule has 4 aliphatic rings. The minimum absolute atomic E-state index is 0.210. The van der Waals surface area contributed by atoms with E-state index in [9.17, 15) is 4.39 Å². The van der Waals surface area contributed by atoms with Gasteiger partial charge < -0.3 is 10.1 Å². The van der Waals surface area contributed by atoms with Gasteiger partial charge in [0.2, 0.25) is 0 Å². The van der Waals surface area contributed by atoms with Crippen LogP contribution in [0.3, 0.4) is 0 Å². The first kappa shape index (κ1) is 24.6. The standard InChI is InChI=1S/C33H39FN2O/c1-37-30-18-17-26(34)21-25(30)22-35-32-28-19-20-36(29-16-10-4-9-15-27(28)29)33(32)31(23-11-5-2-6-12-23)24-13-7-3-8-14-24/h2-3,5-8,11-14,17-18,21,27-29,31-33,35H,4,9-10,15-16,19-20,22H2,1H3. The van der Waals surface area contributed by atoms with Crippen LogP contribution in [0.4, 0.5) is 4.39 Å². The van der Waals surface area contributed by atoms with Crippen molar-refractivity contribution in [3.63, 3.8) is 0 Å². The van der Waals surface area contributed by atoms with Crippen molar-refractivity contribution in [3.05, 3.63) is 101 Å². The van der Waals surface area contributed by atoms with Crippen molar-refractivity contribution in [2.45, 2.75) is 69.1 Å². The summed E-state index contributed by atoms with van der Waals surface area (Å²) in [6.07, 6.45) is 7.95. The van der Waals surface area contributed by atoms with Crippen molar-refractivity contribution < 1.29 is 9.13 Å². The van der Waals surface area contributed by atoms with Gasteiger partial charge in [0.25, 0.3) is 0 Å². The topological polar surface area (TPSA) is 24.5 Å². The largest absolute Gasteiger partial charge is 0.496 e. The number of hydrogen-bond acceptors (Lipinski definition) is 3. The Labute approximate surface area is 221 Å². The molecule has 3 aliphatic heterocycles. The molecule has 0 spiro atoms. The number of nitrogens with zero attached hydrogens (tertiary/aromatic N) is 1. The highest BCUT2D eigenvalue weighted by Crippen LogP contribution is 2.50. The van der Waals surface area contributed by atoms with E-state index in [2.05, 4.69) is 70.9 Å². The molecule has 6 atom stereocenters. The molecular weight excluding hydrogens is 459 g/mol. The zero-order chi connectivity index (χ0) is 25.2. The Kier molecular flexibility index (Phi) is 7.30. The number of methoxy groups -OCH3 is 1. The van der Waals surface area contributed by atoms with Crippen LogP contribution in [-0.4, -0.2) is 36.7 Å². The Morgan fingerprint density at radius 2 is 1.57 bits per heavy atom. The number of hydrogen-bond donors (Lipinski definition) is 1. The lowest BCUT2D eigenvalue weighted by atomic mass is 9.62. The molecule has 0 radical (unpaired) electrons. The Morgan fingerprint density at radius 3 is 2.27 bits per heavy atom. The molecule has 3 nitrogen and oxygen atoms in total. The zero-order valence-electron chi connectivity index (χ0n) is 21.9. The molecule has 3 saturated heterocycles. The summed E-state index contributed by atoms with van der Waals surface area (Å²) >= 11 is 0. The van der Waals surface area contributed by atoms with Gasteiger partial charge in [-0.2, -0.15) is 0 Å². The summed E-state index contributed by atoms with van der Waals surface area (Å²) in [4.78, 5) is 2.89. The van der Waals surface area contributed by atoms with Crippen LogP contribution in [0.5, 0.6) is 5.75 Å². The van der Waals surface area contributed by atoms with E-state index in [0.29, 0.717) is 30.6 Å². The summed E-state index contributed by atoms with van der Waals surface area (Å²) in [5, 5.41) is 4.01. The van der Waals surface area contributed by atoms with Crippen LogP contribution in [0.25, 0.3) is 0 Å². The maximum atomic E-state index is 14.2. The van der Waals surface area contributed by atoms with E-state index >= 15 is 0 Å². The molecule has 3 heterocycles. The second-order valence-corrected chi connectivity index (χ2v) is 11.2. The maximum absolute atomic E-state index is 14.2. The SMILES string of the molecule is COc1ccc(F)cc1CNC1C2CCN(C3CCCCCC23)C1C(c1ccccc1)c1ccccc1. The molecule has 1 N–H and O–H groups in total. The lowest BCUT2D eigenvalue weighted by Crippen LogP contribution is -2.70. The second kappa shape index (κ2) is 11.0. The molecule has 6 unspecified atom stereocenters.